The number of ether oxygens (including phenoxy) is 2. The number of fused-ring (bicyclic) bond motifs is 2. The Labute approximate surface area is 205 Å². The molecule has 0 aliphatic carbocycles. The summed E-state index contributed by atoms with van der Waals surface area (Å²) in [6.07, 6.45) is 4.78. The molecule has 0 bridgehead atoms. The molecule has 1 saturated heterocycles. The first kappa shape index (κ1) is 23.4. The van der Waals surface area contributed by atoms with E-state index in [9.17, 15) is 9.59 Å². The van der Waals surface area contributed by atoms with Gasteiger partial charge in [0.05, 0.1) is 18.8 Å². The van der Waals surface area contributed by atoms with E-state index in [2.05, 4.69) is 10.3 Å². The van der Waals surface area contributed by atoms with E-state index in [0.29, 0.717) is 56.5 Å². The number of para-hydroxylation sites is 2. The molecule has 0 atom stereocenters. The Morgan fingerprint density at radius 1 is 0.943 bits per heavy atom. The van der Waals surface area contributed by atoms with Gasteiger partial charge in [-0.3, -0.25) is 9.59 Å². The summed E-state index contributed by atoms with van der Waals surface area (Å²) < 4.78 is 12.0. The van der Waals surface area contributed by atoms with Crippen LogP contribution in [-0.2, 0) is 4.74 Å². The van der Waals surface area contributed by atoms with Crippen molar-refractivity contribution in [1.29, 1.82) is 0 Å². The second-order valence-corrected chi connectivity index (χ2v) is 9.67. The minimum atomic E-state index is -0.144. The number of H-pyrrole nitrogens is 1. The maximum absolute atomic E-state index is 13.2. The van der Waals surface area contributed by atoms with E-state index < -0.39 is 0 Å². The molecular formula is C28H33N3O4. The van der Waals surface area contributed by atoms with Gasteiger partial charge in [0.15, 0.2) is 0 Å². The van der Waals surface area contributed by atoms with Crippen molar-refractivity contribution in [3.8, 4) is 5.75 Å². The smallest absolute Gasteiger partial charge is 0.270 e. The second-order valence-electron chi connectivity index (χ2n) is 9.67. The van der Waals surface area contributed by atoms with Crippen LogP contribution >= 0.6 is 0 Å². The van der Waals surface area contributed by atoms with Crippen LogP contribution in [0.15, 0.2) is 54.6 Å². The molecule has 2 aromatic carbocycles. The molecule has 2 N–H and O–H groups in total. The number of hydrogen-bond donors (Lipinski definition) is 2. The molecule has 35 heavy (non-hydrogen) atoms. The lowest BCUT2D eigenvalue weighted by molar-refractivity contribution is 0.0338. The Morgan fingerprint density at radius 3 is 2.60 bits per heavy atom. The van der Waals surface area contributed by atoms with Crippen molar-refractivity contribution in [3.63, 3.8) is 0 Å². The molecule has 2 aliphatic rings. The van der Waals surface area contributed by atoms with Crippen molar-refractivity contribution >= 4 is 22.7 Å². The predicted molar refractivity (Wildman–Crippen MR) is 135 cm³/mol. The maximum atomic E-state index is 13.2. The van der Waals surface area contributed by atoms with Crippen molar-refractivity contribution in [1.82, 2.24) is 15.2 Å². The number of carbonyl (C=O) groups excluding carboxylic acids is 2. The van der Waals surface area contributed by atoms with Gasteiger partial charge in [0.2, 0.25) is 0 Å². The van der Waals surface area contributed by atoms with Gasteiger partial charge in [-0.25, -0.2) is 0 Å². The standard InChI is InChI=1S/C28H33N3O4/c32-26-22-8-2-4-10-25(22)35-20-28(11-5-6-17-34-18-14-29-26)12-15-31(16-13-28)27(33)24-19-21-7-1-3-9-23(21)30-24/h1-4,7-10,19,30H,5-6,11-18,20H2,(H,29,32). The number of nitrogens with one attached hydrogen (secondary N) is 2. The summed E-state index contributed by atoms with van der Waals surface area (Å²) in [6, 6.07) is 17.3. The number of carbonyl (C=O) groups is 2. The fourth-order valence-electron chi connectivity index (χ4n) is 5.16. The third-order valence-electron chi connectivity index (χ3n) is 7.31. The fourth-order valence-corrected chi connectivity index (χ4v) is 5.16. The van der Waals surface area contributed by atoms with Crippen molar-refractivity contribution in [2.45, 2.75) is 32.1 Å². The van der Waals surface area contributed by atoms with Crippen LogP contribution in [0.1, 0.15) is 53.0 Å². The zero-order valence-corrected chi connectivity index (χ0v) is 20.1. The first-order valence-electron chi connectivity index (χ1n) is 12.6. The van der Waals surface area contributed by atoms with Crippen LogP contribution in [0.4, 0.5) is 0 Å². The molecule has 184 valence electrons. The maximum Gasteiger partial charge on any atom is 0.270 e. The minimum absolute atomic E-state index is 0.0368. The highest BCUT2D eigenvalue weighted by molar-refractivity contribution is 5.98. The minimum Gasteiger partial charge on any atom is -0.492 e. The number of rotatable bonds is 1. The van der Waals surface area contributed by atoms with Crippen molar-refractivity contribution < 1.29 is 19.1 Å². The molecule has 1 spiro atoms. The molecule has 7 heteroatoms. The first-order chi connectivity index (χ1) is 17.1. The Balaban J connectivity index is 1.29. The summed E-state index contributed by atoms with van der Waals surface area (Å²) in [4.78, 5) is 31.1. The molecule has 2 amide bonds. The van der Waals surface area contributed by atoms with E-state index in [-0.39, 0.29) is 17.2 Å². The largest absolute Gasteiger partial charge is 0.492 e. The number of aromatic amines is 1. The van der Waals surface area contributed by atoms with E-state index in [1.54, 1.807) is 6.07 Å². The number of aromatic nitrogens is 1. The highest BCUT2D eigenvalue weighted by atomic mass is 16.5. The topological polar surface area (TPSA) is 83.7 Å². The summed E-state index contributed by atoms with van der Waals surface area (Å²) in [5, 5.41) is 3.97. The van der Waals surface area contributed by atoms with Gasteiger partial charge >= 0.3 is 0 Å². The van der Waals surface area contributed by atoms with Crippen molar-refractivity contribution in [3.05, 3.63) is 65.9 Å². The van der Waals surface area contributed by atoms with Gasteiger partial charge in [-0.15, -0.1) is 0 Å². The van der Waals surface area contributed by atoms with E-state index in [0.717, 1.165) is 43.0 Å². The number of piperidine rings is 1. The molecule has 0 unspecified atom stereocenters. The highest BCUT2D eigenvalue weighted by Gasteiger charge is 2.37. The van der Waals surface area contributed by atoms with Crippen LogP contribution in [0.3, 0.4) is 0 Å². The van der Waals surface area contributed by atoms with Crippen LogP contribution < -0.4 is 10.1 Å². The first-order valence-corrected chi connectivity index (χ1v) is 12.6. The SMILES string of the molecule is O=C1NCCOCCCCC2(CCN(C(=O)c3cc4ccccc4[nH]3)CC2)COc2ccccc21. The molecule has 2 aliphatic heterocycles. The Hall–Kier alpha value is -3.32. The fraction of sp³-hybridized carbons (Fsp3) is 0.429. The van der Waals surface area contributed by atoms with E-state index in [4.69, 9.17) is 9.47 Å². The van der Waals surface area contributed by atoms with Gasteiger partial charge in [0.25, 0.3) is 11.8 Å². The van der Waals surface area contributed by atoms with Crippen molar-refractivity contribution in [2.75, 3.05) is 39.5 Å². The second kappa shape index (κ2) is 10.5. The number of amides is 2. The summed E-state index contributed by atoms with van der Waals surface area (Å²) in [7, 11) is 0. The van der Waals surface area contributed by atoms with E-state index in [1.807, 2.05) is 53.4 Å². The van der Waals surface area contributed by atoms with Gasteiger partial charge in [0, 0.05) is 42.6 Å². The van der Waals surface area contributed by atoms with E-state index in [1.165, 1.54) is 0 Å². The third kappa shape index (κ3) is 5.35. The lowest BCUT2D eigenvalue weighted by Gasteiger charge is -2.42. The predicted octanol–water partition coefficient (Wildman–Crippen LogP) is 4.40. The molecule has 3 aromatic rings. The molecule has 0 saturated carbocycles. The normalized spacial score (nSPS) is 19.4. The molecule has 3 heterocycles. The summed E-state index contributed by atoms with van der Waals surface area (Å²) in [6.45, 7) is 3.59. The molecular weight excluding hydrogens is 442 g/mol. The van der Waals surface area contributed by atoms with Crippen LogP contribution in [-0.4, -0.2) is 61.2 Å². The molecule has 1 aromatic heterocycles. The highest BCUT2D eigenvalue weighted by Crippen LogP contribution is 2.38. The van der Waals surface area contributed by atoms with Gasteiger partial charge in [-0.05, 0) is 49.9 Å². The number of nitrogens with zero attached hydrogens (tertiary/aromatic N) is 1. The Morgan fingerprint density at radius 2 is 1.74 bits per heavy atom. The quantitative estimate of drug-likeness (QED) is 0.547. The van der Waals surface area contributed by atoms with Gasteiger partial charge < -0.3 is 24.7 Å². The van der Waals surface area contributed by atoms with Gasteiger partial charge in [-0.1, -0.05) is 36.8 Å². The summed E-state index contributed by atoms with van der Waals surface area (Å²) in [5.74, 6) is 0.515. The molecule has 1 fully saturated rings. The Kier molecular flexibility index (Phi) is 7.04. The van der Waals surface area contributed by atoms with Crippen molar-refractivity contribution in [2.24, 2.45) is 5.41 Å². The zero-order valence-electron chi connectivity index (χ0n) is 20.1. The monoisotopic (exact) mass is 475 g/mol. The molecule has 7 nitrogen and oxygen atoms in total. The zero-order chi connectivity index (χ0) is 24.1. The Bertz CT molecular complexity index is 1150. The lowest BCUT2D eigenvalue weighted by atomic mass is 9.75. The summed E-state index contributed by atoms with van der Waals surface area (Å²) in [5.41, 5.74) is 2.13. The number of benzene rings is 2. The van der Waals surface area contributed by atoms with Crippen LogP contribution in [0.5, 0.6) is 5.75 Å². The van der Waals surface area contributed by atoms with Crippen LogP contribution in [0, 0.1) is 5.41 Å². The lowest BCUT2D eigenvalue weighted by Crippen LogP contribution is -2.45. The molecule has 5 rings (SSSR count). The van der Waals surface area contributed by atoms with Gasteiger partial charge in [0.1, 0.15) is 11.4 Å². The van der Waals surface area contributed by atoms with E-state index >= 15 is 0 Å². The summed E-state index contributed by atoms with van der Waals surface area (Å²) >= 11 is 0. The molecule has 0 radical (unpaired) electrons. The van der Waals surface area contributed by atoms with Gasteiger partial charge in [-0.2, -0.15) is 0 Å². The van der Waals surface area contributed by atoms with Crippen LogP contribution in [0.25, 0.3) is 10.9 Å². The average molecular weight is 476 g/mol. The number of likely N-dealkylation sites (tertiary alicyclic amines) is 1. The third-order valence-corrected chi connectivity index (χ3v) is 7.31. The average Bonchev–Trinajstić information content (AvgIpc) is 3.33. The van der Waals surface area contributed by atoms with Crippen LogP contribution in [0.2, 0.25) is 0 Å². The number of hydrogen-bond acceptors (Lipinski definition) is 4.